The van der Waals surface area contributed by atoms with E-state index < -0.39 is 0 Å². The van der Waals surface area contributed by atoms with Crippen molar-refractivity contribution in [1.29, 1.82) is 0 Å². The van der Waals surface area contributed by atoms with Gasteiger partial charge in [0.05, 0.1) is 5.01 Å². The summed E-state index contributed by atoms with van der Waals surface area (Å²) in [6.07, 6.45) is 1.90. The zero-order valence-corrected chi connectivity index (χ0v) is 13.2. The Bertz CT molecular complexity index is 440. The van der Waals surface area contributed by atoms with E-state index in [9.17, 15) is 4.79 Å². The van der Waals surface area contributed by atoms with Crippen LogP contribution in [0.3, 0.4) is 0 Å². The lowest BCUT2D eigenvalue weighted by Crippen LogP contribution is -2.51. The largest absolute Gasteiger partial charge is 0.335 e. The summed E-state index contributed by atoms with van der Waals surface area (Å²) in [6.45, 7) is 8.54. The smallest absolute Gasteiger partial charge is 0.273 e. The summed E-state index contributed by atoms with van der Waals surface area (Å²) in [4.78, 5) is 21.1. The van der Waals surface area contributed by atoms with Crippen molar-refractivity contribution >= 4 is 17.2 Å². The van der Waals surface area contributed by atoms with E-state index in [1.807, 2.05) is 10.3 Å². The molecule has 1 aromatic rings. The SMILES string of the molecule is CCC(C)N1CCN(C(=O)c2csc(CCN)n2)CC1. The van der Waals surface area contributed by atoms with Crippen LogP contribution in [0.2, 0.25) is 0 Å². The highest BCUT2D eigenvalue weighted by molar-refractivity contribution is 7.09. The minimum atomic E-state index is 0.0633. The van der Waals surface area contributed by atoms with Crippen LogP contribution in [-0.2, 0) is 6.42 Å². The lowest BCUT2D eigenvalue weighted by molar-refractivity contribution is 0.0575. The predicted octanol–water partition coefficient (Wildman–Crippen LogP) is 1.20. The molecule has 0 aliphatic carbocycles. The maximum absolute atomic E-state index is 12.4. The molecule has 1 amide bonds. The molecule has 1 atom stereocenters. The van der Waals surface area contributed by atoms with Crippen LogP contribution < -0.4 is 5.73 Å². The average Bonchev–Trinajstić information content (AvgIpc) is 2.95. The van der Waals surface area contributed by atoms with Crippen molar-refractivity contribution < 1.29 is 4.79 Å². The summed E-state index contributed by atoms with van der Waals surface area (Å²) < 4.78 is 0. The molecule has 1 saturated heterocycles. The molecule has 0 spiro atoms. The van der Waals surface area contributed by atoms with Crippen LogP contribution in [0.1, 0.15) is 35.8 Å². The monoisotopic (exact) mass is 296 g/mol. The third-order valence-corrected chi connectivity index (χ3v) is 4.85. The molecule has 1 fully saturated rings. The van der Waals surface area contributed by atoms with Gasteiger partial charge in [-0.2, -0.15) is 0 Å². The van der Waals surface area contributed by atoms with E-state index >= 15 is 0 Å². The highest BCUT2D eigenvalue weighted by atomic mass is 32.1. The minimum absolute atomic E-state index is 0.0633. The quantitative estimate of drug-likeness (QED) is 0.887. The van der Waals surface area contributed by atoms with Gasteiger partial charge in [0.2, 0.25) is 0 Å². The topological polar surface area (TPSA) is 62.5 Å². The molecule has 20 heavy (non-hydrogen) atoms. The molecular formula is C14H24N4OS. The highest BCUT2D eigenvalue weighted by Crippen LogP contribution is 2.15. The van der Waals surface area contributed by atoms with Crippen molar-refractivity contribution in [3.05, 3.63) is 16.1 Å². The molecule has 1 aliphatic heterocycles. The maximum atomic E-state index is 12.4. The molecule has 5 nitrogen and oxygen atoms in total. The van der Waals surface area contributed by atoms with Gasteiger partial charge in [-0.15, -0.1) is 11.3 Å². The van der Waals surface area contributed by atoms with Gasteiger partial charge in [0, 0.05) is 44.0 Å². The second-order valence-corrected chi connectivity index (χ2v) is 6.19. The number of carbonyl (C=O) groups is 1. The van der Waals surface area contributed by atoms with Crippen LogP contribution in [0.25, 0.3) is 0 Å². The summed E-state index contributed by atoms with van der Waals surface area (Å²) in [7, 11) is 0. The van der Waals surface area contributed by atoms with Gasteiger partial charge in [-0.3, -0.25) is 9.69 Å². The van der Waals surface area contributed by atoms with E-state index in [4.69, 9.17) is 5.73 Å². The summed E-state index contributed by atoms with van der Waals surface area (Å²) in [6, 6.07) is 0.600. The zero-order chi connectivity index (χ0) is 14.5. The summed E-state index contributed by atoms with van der Waals surface area (Å²) >= 11 is 1.53. The van der Waals surface area contributed by atoms with Crippen molar-refractivity contribution in [2.24, 2.45) is 5.73 Å². The van der Waals surface area contributed by atoms with Gasteiger partial charge in [-0.25, -0.2) is 4.98 Å². The lowest BCUT2D eigenvalue weighted by Gasteiger charge is -2.37. The van der Waals surface area contributed by atoms with Crippen molar-refractivity contribution in [1.82, 2.24) is 14.8 Å². The number of thiazole rings is 1. The number of aromatic nitrogens is 1. The van der Waals surface area contributed by atoms with Gasteiger partial charge >= 0.3 is 0 Å². The van der Waals surface area contributed by atoms with Crippen LogP contribution in [0.15, 0.2) is 5.38 Å². The lowest BCUT2D eigenvalue weighted by atomic mass is 10.2. The third kappa shape index (κ3) is 3.56. The van der Waals surface area contributed by atoms with Crippen LogP contribution >= 0.6 is 11.3 Å². The fourth-order valence-corrected chi connectivity index (χ4v) is 3.22. The molecule has 2 heterocycles. The molecule has 2 rings (SSSR count). The third-order valence-electron chi connectivity index (χ3n) is 3.94. The summed E-state index contributed by atoms with van der Waals surface area (Å²) in [5.74, 6) is 0.0633. The number of rotatable bonds is 5. The fraction of sp³-hybridized carbons (Fsp3) is 0.714. The van der Waals surface area contributed by atoms with Gasteiger partial charge in [0.25, 0.3) is 5.91 Å². The number of nitrogens with zero attached hydrogens (tertiary/aromatic N) is 3. The van der Waals surface area contributed by atoms with E-state index in [1.165, 1.54) is 11.3 Å². The molecular weight excluding hydrogens is 272 g/mol. The molecule has 6 heteroatoms. The second kappa shape index (κ2) is 7.15. The molecule has 1 aromatic heterocycles. The van der Waals surface area contributed by atoms with E-state index in [-0.39, 0.29) is 5.91 Å². The molecule has 1 aliphatic rings. The van der Waals surface area contributed by atoms with Crippen molar-refractivity contribution in [3.8, 4) is 0 Å². The van der Waals surface area contributed by atoms with Gasteiger partial charge in [0.1, 0.15) is 5.69 Å². The van der Waals surface area contributed by atoms with Crippen LogP contribution in [0.5, 0.6) is 0 Å². The van der Waals surface area contributed by atoms with Gasteiger partial charge < -0.3 is 10.6 Å². The molecule has 2 N–H and O–H groups in total. The standard InChI is InChI=1S/C14H24N4OS/c1-3-11(2)17-6-8-18(9-7-17)14(19)12-10-20-13(16-12)4-5-15/h10-11H,3-9,15H2,1-2H3. The van der Waals surface area contributed by atoms with E-state index in [0.717, 1.165) is 44.0 Å². The maximum Gasteiger partial charge on any atom is 0.273 e. The summed E-state index contributed by atoms with van der Waals surface area (Å²) in [5.41, 5.74) is 6.09. The first-order valence-electron chi connectivity index (χ1n) is 7.33. The molecule has 0 saturated carbocycles. The number of nitrogens with two attached hydrogens (primary N) is 1. The highest BCUT2D eigenvalue weighted by Gasteiger charge is 2.25. The first-order chi connectivity index (χ1) is 9.65. The second-order valence-electron chi connectivity index (χ2n) is 5.25. The average molecular weight is 296 g/mol. The number of hydrogen-bond acceptors (Lipinski definition) is 5. The van der Waals surface area contributed by atoms with E-state index in [1.54, 1.807) is 0 Å². The Balaban J connectivity index is 1.90. The Morgan fingerprint density at radius 1 is 1.45 bits per heavy atom. The fourth-order valence-electron chi connectivity index (χ4n) is 2.43. The molecule has 112 valence electrons. The molecule has 0 aromatic carbocycles. The Labute approximate surface area is 124 Å². The Kier molecular flexibility index (Phi) is 5.51. The number of hydrogen-bond donors (Lipinski definition) is 1. The van der Waals surface area contributed by atoms with Crippen LogP contribution in [0.4, 0.5) is 0 Å². The molecule has 0 bridgehead atoms. The number of amides is 1. The van der Waals surface area contributed by atoms with Gasteiger partial charge in [0.15, 0.2) is 0 Å². The molecule has 1 unspecified atom stereocenters. The van der Waals surface area contributed by atoms with Gasteiger partial charge in [-0.1, -0.05) is 6.92 Å². The van der Waals surface area contributed by atoms with E-state index in [2.05, 4.69) is 23.7 Å². The van der Waals surface area contributed by atoms with Crippen molar-refractivity contribution in [2.75, 3.05) is 32.7 Å². The Morgan fingerprint density at radius 2 is 2.15 bits per heavy atom. The Hall–Kier alpha value is -0.980. The number of carbonyl (C=O) groups excluding carboxylic acids is 1. The summed E-state index contributed by atoms with van der Waals surface area (Å²) in [5, 5.41) is 2.81. The van der Waals surface area contributed by atoms with E-state index in [0.29, 0.717) is 18.3 Å². The normalized spacial score (nSPS) is 18.2. The van der Waals surface area contributed by atoms with Crippen molar-refractivity contribution in [3.63, 3.8) is 0 Å². The zero-order valence-electron chi connectivity index (χ0n) is 12.3. The van der Waals surface area contributed by atoms with Crippen molar-refractivity contribution in [2.45, 2.75) is 32.7 Å². The number of piperazine rings is 1. The molecule has 0 radical (unpaired) electrons. The van der Waals surface area contributed by atoms with Crippen LogP contribution in [-0.4, -0.2) is 59.5 Å². The predicted molar refractivity (Wildman–Crippen MR) is 82.1 cm³/mol. The Morgan fingerprint density at radius 3 is 2.75 bits per heavy atom. The minimum Gasteiger partial charge on any atom is -0.335 e. The first-order valence-corrected chi connectivity index (χ1v) is 8.21. The van der Waals surface area contributed by atoms with Crippen LogP contribution in [0, 0.1) is 0 Å². The first kappa shape index (κ1) is 15.4. The van der Waals surface area contributed by atoms with Gasteiger partial charge in [-0.05, 0) is 19.9 Å².